The second-order valence-corrected chi connectivity index (χ2v) is 9.32. The molecule has 0 aliphatic heterocycles. The lowest BCUT2D eigenvalue weighted by molar-refractivity contribution is 0.601. The minimum Gasteiger partial charge on any atom is -0.280 e. The third-order valence-electron chi connectivity index (χ3n) is 3.01. The van der Waals surface area contributed by atoms with Gasteiger partial charge in [-0.15, -0.1) is 11.3 Å². The van der Waals surface area contributed by atoms with Gasteiger partial charge in [-0.2, -0.15) is 0 Å². The van der Waals surface area contributed by atoms with Crippen molar-refractivity contribution in [2.75, 3.05) is 10.5 Å². The average molecular weight is 385 g/mol. The fraction of sp³-hybridized carbons (Fsp3) is 0.133. The molecule has 0 radical (unpaired) electrons. The van der Waals surface area contributed by atoms with Crippen LogP contribution in [0.2, 0.25) is 5.02 Å². The maximum absolute atomic E-state index is 12.4. The molecule has 0 saturated carbocycles. The van der Waals surface area contributed by atoms with Gasteiger partial charge < -0.3 is 0 Å². The highest BCUT2D eigenvalue weighted by Crippen LogP contribution is 2.31. The molecule has 3 aromatic rings. The number of benzene rings is 2. The zero-order valence-corrected chi connectivity index (χ0v) is 15.3. The fourth-order valence-corrected chi connectivity index (χ4v) is 5.16. The largest absolute Gasteiger partial charge is 0.280 e. The predicted molar refractivity (Wildman–Crippen MR) is 98.3 cm³/mol. The first-order valence-electron chi connectivity index (χ1n) is 6.80. The number of hydrogen-bond donors (Lipinski definition) is 1. The first-order chi connectivity index (χ1) is 11.0. The molecule has 0 atom stereocenters. The molecule has 0 aliphatic carbocycles. The monoisotopic (exact) mass is 384 g/mol. The molecule has 4 nitrogen and oxygen atoms in total. The summed E-state index contributed by atoms with van der Waals surface area (Å²) >= 11 is 9.03. The van der Waals surface area contributed by atoms with Crippen molar-refractivity contribution in [1.29, 1.82) is 0 Å². The summed E-state index contributed by atoms with van der Waals surface area (Å²) in [7, 11) is -3.63. The minimum absolute atomic E-state index is 0.175. The van der Waals surface area contributed by atoms with Crippen molar-refractivity contribution in [1.82, 2.24) is 4.98 Å². The van der Waals surface area contributed by atoms with E-state index >= 15 is 0 Å². The number of sulfonamides is 1. The van der Waals surface area contributed by atoms with Crippen LogP contribution in [0.4, 0.5) is 5.69 Å². The summed E-state index contributed by atoms with van der Waals surface area (Å²) in [6.45, 7) is 2.07. The summed E-state index contributed by atoms with van der Waals surface area (Å²) in [6.07, 6.45) is 0. The molecular weight excluding hydrogens is 372 g/mol. The number of fused-ring (bicyclic) bond motifs is 1. The van der Waals surface area contributed by atoms with Crippen LogP contribution < -0.4 is 4.72 Å². The summed E-state index contributed by atoms with van der Waals surface area (Å²) < 4.78 is 29.3. The Morgan fingerprint density at radius 2 is 1.96 bits per heavy atom. The highest BCUT2D eigenvalue weighted by molar-refractivity contribution is 8.01. The minimum atomic E-state index is -3.63. The summed E-state index contributed by atoms with van der Waals surface area (Å²) in [4.78, 5) is 4.67. The van der Waals surface area contributed by atoms with E-state index in [0.29, 0.717) is 10.7 Å². The Morgan fingerprint density at radius 1 is 1.22 bits per heavy atom. The van der Waals surface area contributed by atoms with Gasteiger partial charge in [-0.05, 0) is 48.2 Å². The molecule has 3 rings (SSSR count). The van der Waals surface area contributed by atoms with E-state index in [1.165, 1.54) is 12.1 Å². The molecule has 23 heavy (non-hydrogen) atoms. The molecule has 0 fully saturated rings. The van der Waals surface area contributed by atoms with Crippen molar-refractivity contribution in [3.63, 3.8) is 0 Å². The summed E-state index contributed by atoms with van der Waals surface area (Å²) in [5, 5.41) is 0.496. The van der Waals surface area contributed by atoms with Crippen molar-refractivity contribution < 1.29 is 8.42 Å². The molecule has 2 aromatic carbocycles. The Kier molecular flexibility index (Phi) is 4.82. The van der Waals surface area contributed by atoms with Crippen LogP contribution in [0, 0.1) is 0 Å². The molecular formula is C15H13ClN2O2S3. The van der Waals surface area contributed by atoms with Crippen LogP contribution >= 0.6 is 34.7 Å². The van der Waals surface area contributed by atoms with Gasteiger partial charge in [-0.3, -0.25) is 4.72 Å². The SMILES string of the molecule is CCSc1nc2ccc(NS(=O)(=O)c3ccc(Cl)cc3)cc2s1. The van der Waals surface area contributed by atoms with Crippen molar-refractivity contribution in [3.05, 3.63) is 47.5 Å². The molecule has 0 amide bonds. The molecule has 1 N–H and O–H groups in total. The quantitative estimate of drug-likeness (QED) is 0.638. The van der Waals surface area contributed by atoms with E-state index < -0.39 is 10.0 Å². The third kappa shape index (κ3) is 3.80. The zero-order chi connectivity index (χ0) is 16.4. The van der Waals surface area contributed by atoms with Gasteiger partial charge in [0.1, 0.15) is 0 Å². The molecule has 0 spiro atoms. The second-order valence-electron chi connectivity index (χ2n) is 4.65. The van der Waals surface area contributed by atoms with Crippen LogP contribution in [0.1, 0.15) is 6.92 Å². The van der Waals surface area contributed by atoms with Crippen LogP contribution in [-0.4, -0.2) is 19.2 Å². The van der Waals surface area contributed by atoms with Crippen LogP contribution in [-0.2, 0) is 10.0 Å². The number of hydrogen-bond acceptors (Lipinski definition) is 5. The van der Waals surface area contributed by atoms with E-state index in [4.69, 9.17) is 11.6 Å². The number of nitrogens with one attached hydrogen (secondary N) is 1. The van der Waals surface area contributed by atoms with Crippen molar-refractivity contribution in [2.24, 2.45) is 0 Å². The van der Waals surface area contributed by atoms with E-state index in [1.807, 2.05) is 6.07 Å². The van der Waals surface area contributed by atoms with Crippen molar-refractivity contribution in [3.8, 4) is 0 Å². The molecule has 8 heteroatoms. The van der Waals surface area contributed by atoms with E-state index in [9.17, 15) is 8.42 Å². The van der Waals surface area contributed by atoms with Gasteiger partial charge in [-0.1, -0.05) is 30.3 Å². The molecule has 1 heterocycles. The van der Waals surface area contributed by atoms with Gasteiger partial charge in [-0.25, -0.2) is 13.4 Å². The highest BCUT2D eigenvalue weighted by Gasteiger charge is 2.14. The van der Waals surface area contributed by atoms with E-state index in [-0.39, 0.29) is 4.90 Å². The lowest BCUT2D eigenvalue weighted by Crippen LogP contribution is -2.12. The molecule has 120 valence electrons. The van der Waals surface area contributed by atoms with Gasteiger partial charge in [0.25, 0.3) is 10.0 Å². The molecule has 0 saturated heterocycles. The Bertz CT molecular complexity index is 937. The molecule has 0 unspecified atom stereocenters. The summed E-state index contributed by atoms with van der Waals surface area (Å²) in [5.41, 5.74) is 1.39. The number of halogens is 1. The fourth-order valence-electron chi connectivity index (χ4n) is 1.98. The lowest BCUT2D eigenvalue weighted by Gasteiger charge is -2.08. The zero-order valence-electron chi connectivity index (χ0n) is 12.1. The van der Waals surface area contributed by atoms with Gasteiger partial charge >= 0.3 is 0 Å². The van der Waals surface area contributed by atoms with Crippen LogP contribution in [0.15, 0.2) is 51.7 Å². The van der Waals surface area contributed by atoms with Crippen LogP contribution in [0.5, 0.6) is 0 Å². The standard InChI is InChI=1S/C15H13ClN2O2S3/c1-2-21-15-17-13-8-5-11(9-14(13)22-15)18-23(19,20)12-6-3-10(16)4-7-12/h3-9,18H,2H2,1H3. The number of anilines is 1. The Balaban J connectivity index is 1.89. The number of rotatable bonds is 5. The Hall–Kier alpha value is -1.28. The average Bonchev–Trinajstić information content (AvgIpc) is 2.89. The van der Waals surface area contributed by atoms with E-state index in [0.717, 1.165) is 20.3 Å². The normalized spacial score (nSPS) is 11.7. The molecule has 0 aliphatic rings. The summed E-state index contributed by atoms with van der Waals surface area (Å²) in [5.74, 6) is 0.954. The molecule has 1 aromatic heterocycles. The first kappa shape index (κ1) is 16.6. The molecule has 0 bridgehead atoms. The third-order valence-corrected chi connectivity index (χ3v) is 6.71. The number of thiazole rings is 1. The Morgan fingerprint density at radius 3 is 2.65 bits per heavy atom. The summed E-state index contributed by atoms with van der Waals surface area (Å²) in [6, 6.07) is 11.4. The van der Waals surface area contributed by atoms with Crippen LogP contribution in [0.3, 0.4) is 0 Å². The topological polar surface area (TPSA) is 59.1 Å². The number of nitrogens with zero attached hydrogens (tertiary/aromatic N) is 1. The van der Waals surface area contributed by atoms with Crippen molar-refractivity contribution in [2.45, 2.75) is 16.2 Å². The van der Waals surface area contributed by atoms with Gasteiger partial charge in [0, 0.05) is 5.02 Å². The number of thioether (sulfide) groups is 1. The second kappa shape index (κ2) is 6.68. The maximum Gasteiger partial charge on any atom is 0.261 e. The van der Waals surface area contributed by atoms with E-state index in [2.05, 4.69) is 16.6 Å². The highest BCUT2D eigenvalue weighted by atomic mass is 35.5. The Labute approximate surface area is 147 Å². The van der Waals surface area contributed by atoms with Gasteiger partial charge in [0.2, 0.25) is 0 Å². The first-order valence-corrected chi connectivity index (χ1v) is 10.5. The van der Waals surface area contributed by atoms with E-state index in [1.54, 1.807) is 47.4 Å². The lowest BCUT2D eigenvalue weighted by atomic mass is 10.3. The van der Waals surface area contributed by atoms with Gasteiger partial charge in [0.15, 0.2) is 4.34 Å². The van der Waals surface area contributed by atoms with Crippen LogP contribution in [0.25, 0.3) is 10.2 Å². The number of aromatic nitrogens is 1. The van der Waals surface area contributed by atoms with Gasteiger partial charge in [0.05, 0.1) is 20.8 Å². The maximum atomic E-state index is 12.4. The predicted octanol–water partition coefficient (Wildman–Crippen LogP) is 4.86. The van der Waals surface area contributed by atoms with Crippen molar-refractivity contribution >= 4 is 60.6 Å². The smallest absolute Gasteiger partial charge is 0.261 e.